The fourth-order valence-corrected chi connectivity index (χ4v) is 6.66. The summed E-state index contributed by atoms with van der Waals surface area (Å²) in [6, 6.07) is 4.53. The molecule has 10 heteroatoms. The van der Waals surface area contributed by atoms with E-state index in [0.29, 0.717) is 24.3 Å². The molecule has 3 aromatic rings. The van der Waals surface area contributed by atoms with Gasteiger partial charge in [-0.3, -0.25) is 5.41 Å². The lowest BCUT2D eigenvalue weighted by Gasteiger charge is -2.32. The van der Waals surface area contributed by atoms with Gasteiger partial charge in [-0.2, -0.15) is 0 Å². The number of carbonyl (C=O) groups excluding carboxylic acids is 1. The van der Waals surface area contributed by atoms with E-state index in [0.717, 1.165) is 71.9 Å². The van der Waals surface area contributed by atoms with Gasteiger partial charge in [0.15, 0.2) is 16.3 Å². The van der Waals surface area contributed by atoms with Gasteiger partial charge in [-0.05, 0) is 103 Å². The molecule has 35 heavy (non-hydrogen) atoms. The maximum atomic E-state index is 10.7. The Morgan fingerprint density at radius 3 is 2.74 bits per heavy atom. The van der Waals surface area contributed by atoms with Crippen molar-refractivity contribution in [3.05, 3.63) is 39.5 Å². The van der Waals surface area contributed by atoms with Crippen LogP contribution >= 0.6 is 27.7 Å². The van der Waals surface area contributed by atoms with Gasteiger partial charge >= 0.3 is 0 Å². The summed E-state index contributed by atoms with van der Waals surface area (Å²) < 4.78 is 3.14. The van der Waals surface area contributed by atoms with Gasteiger partial charge in [-0.15, -0.1) is 0 Å². The van der Waals surface area contributed by atoms with E-state index in [2.05, 4.69) is 47.5 Å². The molecule has 3 N–H and O–H groups in total. The molecule has 0 saturated carbocycles. The summed E-state index contributed by atoms with van der Waals surface area (Å²) >= 11 is 5.34. The number of H-pyrrole nitrogens is 1. The molecule has 1 unspecified atom stereocenters. The fraction of sp³-hybridized carbons (Fsp3) is 0.520. The van der Waals surface area contributed by atoms with Crippen molar-refractivity contribution >= 4 is 45.1 Å². The second-order valence-corrected chi connectivity index (χ2v) is 11.5. The summed E-state index contributed by atoms with van der Waals surface area (Å²) in [5.41, 5.74) is 4.53. The van der Waals surface area contributed by atoms with Gasteiger partial charge in [0.25, 0.3) is 0 Å². The zero-order valence-electron chi connectivity index (χ0n) is 19.7. The predicted octanol–water partition coefficient (Wildman–Crippen LogP) is 3.69. The minimum Gasteiger partial charge on any atom is -0.384 e. The predicted molar refractivity (Wildman–Crippen MR) is 138 cm³/mol. The molecule has 186 valence electrons. The summed E-state index contributed by atoms with van der Waals surface area (Å²) in [4.78, 5) is 26.5. The third kappa shape index (κ3) is 5.71. The lowest BCUT2D eigenvalue weighted by molar-refractivity contribution is -0.115. The van der Waals surface area contributed by atoms with Crippen molar-refractivity contribution in [1.82, 2.24) is 24.4 Å². The highest BCUT2D eigenvalue weighted by molar-refractivity contribution is 9.10. The van der Waals surface area contributed by atoms with Crippen molar-refractivity contribution < 1.29 is 9.90 Å². The van der Waals surface area contributed by atoms with Crippen molar-refractivity contribution in [3.63, 3.8) is 0 Å². The van der Waals surface area contributed by atoms with Crippen LogP contribution in [0.3, 0.4) is 0 Å². The Balaban J connectivity index is 1.27. The number of nitrogens with zero attached hydrogens (tertiary/aromatic N) is 4. The van der Waals surface area contributed by atoms with Crippen molar-refractivity contribution in [2.24, 2.45) is 5.92 Å². The number of aromatic amines is 1. The number of aryl methyl sites for hydroxylation is 3. The van der Waals surface area contributed by atoms with Crippen molar-refractivity contribution in [1.29, 1.82) is 5.41 Å². The Hall–Kier alpha value is -2.01. The molecule has 1 aromatic carbocycles. The normalized spacial score (nSPS) is 18.0. The number of aliphatic hydroxyl groups is 1. The van der Waals surface area contributed by atoms with Crippen LogP contribution < -0.4 is 5.49 Å². The van der Waals surface area contributed by atoms with E-state index in [4.69, 9.17) is 10.4 Å². The number of rotatable bonds is 8. The average molecular weight is 560 g/mol. The highest BCUT2D eigenvalue weighted by Crippen LogP contribution is 2.36. The fourth-order valence-electron chi connectivity index (χ4n) is 5.18. The Morgan fingerprint density at radius 1 is 1.26 bits per heavy atom. The average Bonchev–Trinajstić information content (AvgIpc) is 3.30. The first kappa shape index (κ1) is 24.7. The number of hydrogen-bond acceptors (Lipinski definition) is 7. The lowest BCUT2D eigenvalue weighted by Crippen LogP contribution is -2.39. The molecule has 0 bridgehead atoms. The number of hydrogen-bond donors (Lipinski definition) is 3. The van der Waals surface area contributed by atoms with Gasteiger partial charge < -0.3 is 24.4 Å². The Kier molecular flexibility index (Phi) is 7.71. The van der Waals surface area contributed by atoms with Crippen LogP contribution in [0.5, 0.6) is 0 Å². The van der Waals surface area contributed by atoms with Crippen LogP contribution in [0.15, 0.2) is 33.0 Å². The first-order valence-electron chi connectivity index (χ1n) is 12.3. The van der Waals surface area contributed by atoms with E-state index in [1.54, 1.807) is 18.1 Å². The van der Waals surface area contributed by atoms with E-state index in [9.17, 15) is 9.90 Å². The topological polar surface area (TPSA) is 111 Å². The third-order valence-electron chi connectivity index (χ3n) is 7.19. The van der Waals surface area contributed by atoms with Gasteiger partial charge in [0.1, 0.15) is 17.9 Å². The summed E-state index contributed by atoms with van der Waals surface area (Å²) in [7, 11) is 0. The lowest BCUT2D eigenvalue weighted by atomic mass is 9.92. The van der Waals surface area contributed by atoms with Crippen LogP contribution in [0, 0.1) is 11.3 Å². The maximum absolute atomic E-state index is 10.7. The number of aromatic nitrogens is 4. The zero-order chi connectivity index (χ0) is 24.4. The number of aliphatic hydroxyl groups excluding tert-OH is 1. The molecular formula is C25H31BrN6O2S. The SMILES string of the molecule is N=c1ncn(CCC2CCN(CC(O)C=O)CC2)c2nc(Sc3cc4c(cc3Br)CCCC4)[nH]c12. The van der Waals surface area contributed by atoms with Crippen LogP contribution in [0.4, 0.5) is 0 Å². The molecule has 1 saturated heterocycles. The van der Waals surface area contributed by atoms with E-state index in [-0.39, 0.29) is 5.49 Å². The summed E-state index contributed by atoms with van der Waals surface area (Å²) in [6.07, 6.45) is 9.34. The van der Waals surface area contributed by atoms with Gasteiger partial charge in [-0.1, -0.05) is 11.8 Å². The molecular weight excluding hydrogens is 528 g/mol. The highest BCUT2D eigenvalue weighted by atomic mass is 79.9. The van der Waals surface area contributed by atoms with E-state index >= 15 is 0 Å². The van der Waals surface area contributed by atoms with Crippen LogP contribution in [-0.4, -0.2) is 61.5 Å². The quantitative estimate of drug-likeness (QED) is 0.363. The molecule has 0 spiro atoms. The highest BCUT2D eigenvalue weighted by Gasteiger charge is 2.21. The smallest absolute Gasteiger partial charge is 0.173 e. The summed E-state index contributed by atoms with van der Waals surface area (Å²) in [6.45, 7) is 3.02. The molecule has 3 heterocycles. The number of fused-ring (bicyclic) bond motifs is 2. The van der Waals surface area contributed by atoms with Crippen LogP contribution in [0.1, 0.15) is 43.2 Å². The molecule has 2 aliphatic rings. The monoisotopic (exact) mass is 558 g/mol. The summed E-state index contributed by atoms with van der Waals surface area (Å²) in [5, 5.41) is 18.6. The van der Waals surface area contributed by atoms with Crippen LogP contribution in [-0.2, 0) is 24.2 Å². The Bertz CT molecular complexity index is 1270. The number of imidazole rings is 1. The standard InChI is InChI=1S/C25H31BrN6O2S/c26-20-11-17-3-1-2-4-18(17)12-21(20)35-25-29-22-23(27)28-15-32(24(22)30-25)10-7-16-5-8-31(9-6-16)13-19(34)14-33/h11-12,14-16,19,27,34H,1-10,13H2,(H,29,30). The largest absolute Gasteiger partial charge is 0.384 e. The minimum absolute atomic E-state index is 0.210. The van der Waals surface area contributed by atoms with Crippen molar-refractivity contribution in [3.8, 4) is 0 Å². The third-order valence-corrected chi connectivity index (χ3v) is 9.05. The molecule has 1 atom stereocenters. The molecule has 5 rings (SSSR count). The number of likely N-dealkylation sites (tertiary alicyclic amines) is 1. The molecule has 0 amide bonds. The Morgan fingerprint density at radius 2 is 2.00 bits per heavy atom. The number of nitrogens with one attached hydrogen (secondary N) is 2. The first-order valence-corrected chi connectivity index (χ1v) is 14.0. The number of halogens is 1. The van der Waals surface area contributed by atoms with Crippen LogP contribution in [0.2, 0.25) is 0 Å². The molecule has 1 fully saturated rings. The van der Waals surface area contributed by atoms with Gasteiger partial charge in [0.2, 0.25) is 0 Å². The van der Waals surface area contributed by atoms with Crippen molar-refractivity contribution in [2.75, 3.05) is 19.6 Å². The van der Waals surface area contributed by atoms with Crippen LogP contribution in [0.25, 0.3) is 11.2 Å². The molecule has 8 nitrogen and oxygen atoms in total. The molecule has 1 aliphatic heterocycles. The van der Waals surface area contributed by atoms with Crippen molar-refractivity contribution in [2.45, 2.75) is 67.6 Å². The Labute approximate surface area is 217 Å². The molecule has 1 aliphatic carbocycles. The number of aldehydes is 1. The number of piperidine rings is 1. The number of benzene rings is 1. The zero-order valence-corrected chi connectivity index (χ0v) is 22.1. The summed E-state index contributed by atoms with van der Waals surface area (Å²) in [5.74, 6) is 0.581. The number of carbonyl (C=O) groups is 1. The van der Waals surface area contributed by atoms with E-state index in [1.165, 1.54) is 24.0 Å². The van der Waals surface area contributed by atoms with E-state index in [1.807, 2.05) is 0 Å². The van der Waals surface area contributed by atoms with E-state index < -0.39 is 6.10 Å². The molecule has 2 aromatic heterocycles. The first-order chi connectivity index (χ1) is 17.0. The second kappa shape index (κ2) is 10.9. The minimum atomic E-state index is -0.890. The second-order valence-electron chi connectivity index (χ2n) is 9.62. The van der Waals surface area contributed by atoms with Gasteiger partial charge in [-0.25, -0.2) is 9.97 Å². The maximum Gasteiger partial charge on any atom is 0.173 e. The van der Waals surface area contributed by atoms with Gasteiger partial charge in [0.05, 0.1) is 6.33 Å². The number of β-amino-alcohol motifs (C(OH)–C–C–N with tert-alkyl or cyclic N) is 1. The van der Waals surface area contributed by atoms with Gasteiger partial charge in [0, 0.05) is 22.5 Å². The molecule has 0 radical (unpaired) electrons.